The lowest BCUT2D eigenvalue weighted by molar-refractivity contribution is -0.0472. The van der Waals surface area contributed by atoms with Gasteiger partial charge in [-0.15, -0.1) is 0 Å². The van der Waals surface area contributed by atoms with Gasteiger partial charge in [0.1, 0.15) is 5.75 Å². The van der Waals surface area contributed by atoms with E-state index in [1.165, 1.54) is 4.90 Å². The molecular formula is C18H25F2N3O2. The summed E-state index contributed by atoms with van der Waals surface area (Å²) in [6.07, 6.45) is 1.36. The van der Waals surface area contributed by atoms with E-state index in [-0.39, 0.29) is 43.8 Å². The van der Waals surface area contributed by atoms with Crippen LogP contribution in [0.1, 0.15) is 31.2 Å². The minimum atomic E-state index is -2.64. The average Bonchev–Trinajstić information content (AvgIpc) is 2.55. The third-order valence-corrected chi connectivity index (χ3v) is 4.93. The lowest BCUT2D eigenvalue weighted by atomic mass is 10.0. The predicted octanol–water partition coefficient (Wildman–Crippen LogP) is 2.80. The predicted molar refractivity (Wildman–Crippen MR) is 90.7 cm³/mol. The Balaban J connectivity index is 1.49. The highest BCUT2D eigenvalue weighted by atomic mass is 19.3. The first kappa shape index (κ1) is 17.9. The van der Waals surface area contributed by atoms with Crippen molar-refractivity contribution < 1.29 is 18.7 Å². The van der Waals surface area contributed by atoms with Crippen molar-refractivity contribution in [1.82, 2.24) is 15.1 Å². The third-order valence-electron chi connectivity index (χ3n) is 4.93. The number of halogens is 2. The van der Waals surface area contributed by atoms with Crippen LogP contribution in [-0.2, 0) is 6.54 Å². The van der Waals surface area contributed by atoms with Gasteiger partial charge in [-0.3, -0.25) is 4.90 Å². The molecule has 0 aromatic heterocycles. The Hall–Kier alpha value is -1.89. The highest BCUT2D eigenvalue weighted by Crippen LogP contribution is 2.27. The van der Waals surface area contributed by atoms with Gasteiger partial charge in [0.15, 0.2) is 0 Å². The molecule has 5 nitrogen and oxygen atoms in total. The Morgan fingerprint density at radius 3 is 2.76 bits per heavy atom. The molecule has 1 aromatic rings. The summed E-state index contributed by atoms with van der Waals surface area (Å²) in [5.41, 5.74) is 1.03. The minimum absolute atomic E-state index is 0.0287. The molecule has 2 N–H and O–H groups in total. The van der Waals surface area contributed by atoms with Gasteiger partial charge < -0.3 is 15.3 Å². The number of piperidine rings is 2. The SMILES string of the molecule is O=C(NC1CCCN(Cc2cccc(O)c2)C1)N1CCC(F)(F)CC1. The number of hydrogen-bond donors (Lipinski definition) is 2. The Kier molecular flexibility index (Phi) is 5.42. The number of amides is 2. The first-order chi connectivity index (χ1) is 11.9. The molecule has 1 atom stereocenters. The Morgan fingerprint density at radius 1 is 1.28 bits per heavy atom. The van der Waals surface area contributed by atoms with Crippen molar-refractivity contribution in [3.8, 4) is 5.75 Å². The molecule has 0 bridgehead atoms. The number of likely N-dealkylation sites (tertiary alicyclic amines) is 2. The quantitative estimate of drug-likeness (QED) is 0.879. The van der Waals surface area contributed by atoms with Crippen LogP contribution in [-0.4, -0.2) is 59.1 Å². The fraction of sp³-hybridized carbons (Fsp3) is 0.611. The normalized spacial score (nSPS) is 24.1. The number of rotatable bonds is 3. The average molecular weight is 353 g/mol. The monoisotopic (exact) mass is 353 g/mol. The molecule has 1 aromatic carbocycles. The van der Waals surface area contributed by atoms with Crippen LogP contribution in [0.25, 0.3) is 0 Å². The topological polar surface area (TPSA) is 55.8 Å². The van der Waals surface area contributed by atoms with E-state index < -0.39 is 5.92 Å². The molecule has 2 amide bonds. The lowest BCUT2D eigenvalue weighted by Crippen LogP contribution is -2.53. The molecule has 1 unspecified atom stereocenters. The standard InChI is InChI=1S/C18H25F2N3O2/c19-18(20)6-9-23(10-7-18)17(25)21-15-4-2-8-22(13-15)12-14-3-1-5-16(24)11-14/h1,3,5,11,15,24H,2,4,6-10,12-13H2,(H,21,25). The smallest absolute Gasteiger partial charge is 0.317 e. The van der Waals surface area contributed by atoms with Crippen molar-refractivity contribution in [2.45, 2.75) is 44.2 Å². The summed E-state index contributed by atoms with van der Waals surface area (Å²) in [6.45, 7) is 2.61. The summed E-state index contributed by atoms with van der Waals surface area (Å²) >= 11 is 0. The van der Waals surface area contributed by atoms with Gasteiger partial charge in [-0.25, -0.2) is 13.6 Å². The molecule has 0 saturated carbocycles. The summed E-state index contributed by atoms with van der Waals surface area (Å²) in [5.74, 6) is -2.39. The molecule has 7 heteroatoms. The van der Waals surface area contributed by atoms with Crippen molar-refractivity contribution in [3.63, 3.8) is 0 Å². The van der Waals surface area contributed by atoms with E-state index in [1.54, 1.807) is 12.1 Å². The zero-order valence-corrected chi connectivity index (χ0v) is 14.3. The van der Waals surface area contributed by atoms with Crippen molar-refractivity contribution in [1.29, 1.82) is 0 Å². The number of nitrogens with one attached hydrogen (secondary N) is 1. The van der Waals surface area contributed by atoms with Crippen LogP contribution < -0.4 is 5.32 Å². The van der Waals surface area contributed by atoms with E-state index in [2.05, 4.69) is 10.2 Å². The molecule has 3 rings (SSSR count). The zero-order valence-electron chi connectivity index (χ0n) is 14.3. The molecule has 2 saturated heterocycles. The number of carbonyl (C=O) groups is 1. The van der Waals surface area contributed by atoms with Gasteiger partial charge in [-0.1, -0.05) is 12.1 Å². The molecular weight excluding hydrogens is 328 g/mol. The number of phenolic OH excluding ortho intramolecular Hbond substituents is 1. The molecule has 0 aliphatic carbocycles. The summed E-state index contributed by atoms with van der Waals surface area (Å²) < 4.78 is 26.4. The maximum Gasteiger partial charge on any atom is 0.317 e. The maximum absolute atomic E-state index is 13.2. The number of hydrogen-bond acceptors (Lipinski definition) is 3. The number of urea groups is 1. The second-order valence-corrected chi connectivity index (χ2v) is 7.04. The number of carbonyl (C=O) groups excluding carboxylic acids is 1. The van der Waals surface area contributed by atoms with Gasteiger partial charge in [0.25, 0.3) is 5.92 Å². The van der Waals surface area contributed by atoms with Crippen LogP contribution in [0.4, 0.5) is 13.6 Å². The fourth-order valence-corrected chi connectivity index (χ4v) is 3.53. The summed E-state index contributed by atoms with van der Waals surface area (Å²) in [4.78, 5) is 16.0. The molecule has 2 fully saturated rings. The molecule has 0 radical (unpaired) electrons. The van der Waals surface area contributed by atoms with E-state index in [0.717, 1.165) is 38.0 Å². The van der Waals surface area contributed by atoms with Gasteiger partial charge in [0.05, 0.1) is 0 Å². The number of benzene rings is 1. The molecule has 2 aliphatic rings. The molecule has 2 heterocycles. The van der Waals surface area contributed by atoms with Gasteiger partial charge in [-0.2, -0.15) is 0 Å². The Labute approximate surface area is 146 Å². The molecule has 138 valence electrons. The first-order valence-corrected chi connectivity index (χ1v) is 8.85. The van der Waals surface area contributed by atoms with E-state index >= 15 is 0 Å². The first-order valence-electron chi connectivity index (χ1n) is 8.85. The van der Waals surface area contributed by atoms with Crippen LogP contribution in [0.2, 0.25) is 0 Å². The van der Waals surface area contributed by atoms with E-state index in [1.807, 2.05) is 12.1 Å². The van der Waals surface area contributed by atoms with E-state index in [4.69, 9.17) is 0 Å². The Bertz CT molecular complexity index is 602. The maximum atomic E-state index is 13.2. The highest BCUT2D eigenvalue weighted by molar-refractivity contribution is 5.74. The Morgan fingerprint density at radius 2 is 2.04 bits per heavy atom. The number of phenols is 1. The summed E-state index contributed by atoms with van der Waals surface area (Å²) in [7, 11) is 0. The summed E-state index contributed by atoms with van der Waals surface area (Å²) in [6, 6.07) is 6.97. The van der Waals surface area contributed by atoms with Crippen LogP contribution in [0.3, 0.4) is 0 Å². The van der Waals surface area contributed by atoms with Gasteiger partial charge >= 0.3 is 6.03 Å². The second kappa shape index (κ2) is 7.56. The molecule has 0 spiro atoms. The van der Waals surface area contributed by atoms with Crippen molar-refractivity contribution in [3.05, 3.63) is 29.8 Å². The van der Waals surface area contributed by atoms with Gasteiger partial charge in [0, 0.05) is 45.1 Å². The van der Waals surface area contributed by atoms with Crippen LogP contribution in [0.5, 0.6) is 5.75 Å². The number of nitrogens with zero attached hydrogens (tertiary/aromatic N) is 2. The largest absolute Gasteiger partial charge is 0.508 e. The van der Waals surface area contributed by atoms with Gasteiger partial charge in [-0.05, 0) is 37.1 Å². The zero-order chi connectivity index (χ0) is 17.9. The van der Waals surface area contributed by atoms with Crippen molar-refractivity contribution in [2.75, 3.05) is 26.2 Å². The number of aromatic hydroxyl groups is 1. The van der Waals surface area contributed by atoms with Gasteiger partial charge in [0.2, 0.25) is 0 Å². The van der Waals surface area contributed by atoms with E-state index in [9.17, 15) is 18.7 Å². The van der Waals surface area contributed by atoms with Crippen molar-refractivity contribution >= 4 is 6.03 Å². The van der Waals surface area contributed by atoms with Crippen molar-refractivity contribution in [2.24, 2.45) is 0 Å². The second-order valence-electron chi connectivity index (χ2n) is 7.04. The summed E-state index contributed by atoms with van der Waals surface area (Å²) in [5, 5.41) is 12.6. The number of alkyl halides is 2. The van der Waals surface area contributed by atoms with E-state index in [0.29, 0.717) is 0 Å². The lowest BCUT2D eigenvalue weighted by Gasteiger charge is -2.36. The van der Waals surface area contributed by atoms with Crippen LogP contribution in [0.15, 0.2) is 24.3 Å². The minimum Gasteiger partial charge on any atom is -0.508 e. The third kappa shape index (κ3) is 5.04. The highest BCUT2D eigenvalue weighted by Gasteiger charge is 2.36. The fourth-order valence-electron chi connectivity index (χ4n) is 3.53. The molecule has 2 aliphatic heterocycles. The van der Waals surface area contributed by atoms with Crippen LogP contribution in [0, 0.1) is 0 Å². The molecule has 25 heavy (non-hydrogen) atoms. The van der Waals surface area contributed by atoms with Crippen LogP contribution >= 0.6 is 0 Å².